The van der Waals surface area contributed by atoms with Crippen LogP contribution in [0.5, 0.6) is 0 Å². The second-order valence-electron chi connectivity index (χ2n) is 14.6. The first-order chi connectivity index (χ1) is 26.8. The van der Waals surface area contributed by atoms with E-state index in [4.69, 9.17) is 9.72 Å². The maximum absolute atomic E-state index is 14.8. The zero-order chi connectivity index (χ0) is 40.1. The number of aliphatic imine (C=N–C) groups is 1. The van der Waals surface area contributed by atoms with E-state index in [2.05, 4.69) is 46.9 Å². The van der Waals surface area contributed by atoms with Gasteiger partial charge in [-0.1, -0.05) is 51.7 Å². The number of nitrogens with one attached hydrogen (secondary N) is 3. The minimum absolute atomic E-state index is 0.130. The van der Waals surface area contributed by atoms with E-state index in [-0.39, 0.29) is 29.6 Å². The molecule has 3 amide bonds. The van der Waals surface area contributed by atoms with Crippen molar-refractivity contribution in [2.75, 3.05) is 27.3 Å². The van der Waals surface area contributed by atoms with Gasteiger partial charge in [-0.05, 0) is 55.0 Å². The molecule has 0 unspecified atom stereocenters. The first-order valence-corrected chi connectivity index (χ1v) is 18.5. The van der Waals surface area contributed by atoms with Crippen molar-refractivity contribution >= 4 is 35.3 Å². The number of rotatable bonds is 11. The number of fused-ring (bicyclic) bond motifs is 1. The van der Waals surface area contributed by atoms with E-state index in [0.29, 0.717) is 29.0 Å². The van der Waals surface area contributed by atoms with E-state index in [1.165, 1.54) is 14.2 Å². The van der Waals surface area contributed by atoms with E-state index in [9.17, 15) is 23.2 Å². The van der Waals surface area contributed by atoms with Gasteiger partial charge in [0.05, 0.1) is 49.6 Å². The number of benzene rings is 2. The number of H-pyrrole nitrogens is 2. The van der Waals surface area contributed by atoms with Crippen LogP contribution in [0, 0.1) is 23.7 Å². The molecule has 2 saturated heterocycles. The zero-order valence-corrected chi connectivity index (χ0v) is 32.1. The van der Waals surface area contributed by atoms with E-state index in [1.54, 1.807) is 30.9 Å². The third-order valence-corrected chi connectivity index (χ3v) is 9.99. The Morgan fingerprint density at radius 2 is 1.70 bits per heavy atom. The molecule has 0 radical (unpaired) electrons. The van der Waals surface area contributed by atoms with E-state index >= 15 is 0 Å². The molecule has 4 heterocycles. The number of ether oxygens (including phenoxy) is 1. The van der Waals surface area contributed by atoms with Gasteiger partial charge in [0, 0.05) is 35.9 Å². The molecule has 4 atom stereocenters. The molecule has 0 spiro atoms. The fourth-order valence-electron chi connectivity index (χ4n) is 7.10. The summed E-state index contributed by atoms with van der Waals surface area (Å²) in [6.45, 7) is 7.12. The lowest BCUT2D eigenvalue weighted by Crippen LogP contribution is -2.51. The Hall–Kier alpha value is -5.82. The second kappa shape index (κ2) is 16.9. The van der Waals surface area contributed by atoms with E-state index < -0.39 is 49.0 Å². The third-order valence-electron chi connectivity index (χ3n) is 9.99. The molecule has 14 nitrogen and oxygen atoms in total. The van der Waals surface area contributed by atoms with Crippen molar-refractivity contribution < 1.29 is 37.7 Å². The molecule has 2 aromatic heterocycles. The summed E-state index contributed by atoms with van der Waals surface area (Å²) in [6.07, 6.45) is 3.15. The highest BCUT2D eigenvalue weighted by atomic mass is 19.3. The first-order valence-electron chi connectivity index (χ1n) is 18.5. The molecule has 2 aliphatic heterocycles. The van der Waals surface area contributed by atoms with Gasteiger partial charge >= 0.3 is 6.09 Å². The Kier molecular flexibility index (Phi) is 12.0. The molecule has 0 bridgehead atoms. The van der Waals surface area contributed by atoms with Crippen LogP contribution in [-0.2, 0) is 24.1 Å². The fourth-order valence-corrected chi connectivity index (χ4v) is 7.10. The number of alkyl carbamates (subject to hydrolysis) is 1. The van der Waals surface area contributed by atoms with Crippen molar-refractivity contribution in [3.05, 3.63) is 71.4 Å². The quantitative estimate of drug-likeness (QED) is 0.0554. The van der Waals surface area contributed by atoms with Crippen molar-refractivity contribution in [2.45, 2.75) is 77.0 Å². The van der Waals surface area contributed by atoms with Crippen LogP contribution in [0.4, 0.5) is 13.6 Å². The smallest absolute Gasteiger partial charge is 0.407 e. The highest BCUT2D eigenvalue weighted by molar-refractivity contribution is 5.86. The monoisotopic (exact) mass is 772 g/mol. The zero-order valence-electron chi connectivity index (χ0n) is 32.1. The van der Waals surface area contributed by atoms with Crippen molar-refractivity contribution in [3.8, 4) is 23.1 Å². The van der Waals surface area contributed by atoms with Gasteiger partial charge in [0.1, 0.15) is 23.7 Å². The van der Waals surface area contributed by atoms with Gasteiger partial charge in [-0.3, -0.25) is 9.59 Å². The summed E-state index contributed by atoms with van der Waals surface area (Å²) >= 11 is 0. The molecule has 56 heavy (non-hydrogen) atoms. The Morgan fingerprint density at radius 3 is 2.39 bits per heavy atom. The molecule has 4 aromatic rings. The average Bonchev–Trinajstić information content (AvgIpc) is 3.99. The largest absolute Gasteiger partial charge is 0.453 e. The first kappa shape index (κ1) is 39.9. The Balaban J connectivity index is 1.14. The number of imidazole rings is 2. The van der Waals surface area contributed by atoms with Gasteiger partial charge in [0.25, 0.3) is 5.92 Å². The molecule has 6 rings (SSSR count). The van der Waals surface area contributed by atoms with Gasteiger partial charge in [0.15, 0.2) is 0 Å². The summed E-state index contributed by atoms with van der Waals surface area (Å²) in [6, 6.07) is 10.1. The van der Waals surface area contributed by atoms with E-state index in [1.807, 2.05) is 50.4 Å². The molecular formula is C40H46F2N8O6. The topological polar surface area (TPSA) is 167 Å². The van der Waals surface area contributed by atoms with Crippen LogP contribution in [0.1, 0.15) is 81.8 Å². The summed E-state index contributed by atoms with van der Waals surface area (Å²) in [7, 11) is 2.56. The predicted molar refractivity (Wildman–Crippen MR) is 203 cm³/mol. The van der Waals surface area contributed by atoms with Crippen molar-refractivity contribution in [1.82, 2.24) is 35.1 Å². The predicted octanol–water partition coefficient (Wildman–Crippen LogP) is 5.94. The minimum atomic E-state index is -3.10. The molecule has 3 N–H and O–H groups in total. The van der Waals surface area contributed by atoms with Crippen LogP contribution in [0.25, 0.3) is 22.3 Å². The molecule has 296 valence electrons. The highest BCUT2D eigenvalue weighted by Gasteiger charge is 2.50. The Morgan fingerprint density at radius 1 is 0.964 bits per heavy atom. The summed E-state index contributed by atoms with van der Waals surface area (Å²) in [4.78, 5) is 71.0. The normalized spacial score (nSPS) is 19.0. The number of hydrogen-bond donors (Lipinski definition) is 3. The number of methoxy groups -OCH3 is 1. The number of carbonyl (C=O) groups excluding carboxylic acids is 3. The molecule has 2 aliphatic rings. The van der Waals surface area contributed by atoms with Gasteiger partial charge in [-0.2, -0.15) is 4.89 Å². The van der Waals surface area contributed by atoms with Crippen LogP contribution in [0.2, 0.25) is 0 Å². The number of likely N-dealkylation sites (tertiary alicyclic amines) is 2. The van der Waals surface area contributed by atoms with Crippen molar-refractivity contribution in [2.24, 2.45) is 16.8 Å². The van der Waals surface area contributed by atoms with Gasteiger partial charge < -0.3 is 34.7 Å². The van der Waals surface area contributed by atoms with Crippen LogP contribution in [-0.4, -0.2) is 99.4 Å². The highest BCUT2D eigenvalue weighted by Crippen LogP contribution is 2.41. The Labute approximate surface area is 323 Å². The van der Waals surface area contributed by atoms with Crippen LogP contribution in [0.3, 0.4) is 0 Å². The van der Waals surface area contributed by atoms with Gasteiger partial charge in [-0.25, -0.2) is 28.5 Å². The fraction of sp³-hybridized carbons (Fsp3) is 0.450. The molecule has 0 aliphatic carbocycles. The number of halogens is 2. The third kappa shape index (κ3) is 8.83. The maximum Gasteiger partial charge on any atom is 0.407 e. The summed E-state index contributed by atoms with van der Waals surface area (Å²) in [5, 5.41) is 2.67. The number of hydrogen-bond acceptors (Lipinski definition) is 9. The number of aromatic nitrogens is 4. The maximum atomic E-state index is 14.8. The number of carbonyl (C=O) groups is 3. The average molecular weight is 773 g/mol. The number of aromatic amines is 2. The standard InChI is InChI=1S/C40H46F2N8O6/c1-23(2)33(44-22-56-55-6)37(51)50-21-40(41,42)19-32(50)36-45-28-16-13-26(18-29(28)46-36)10-9-25-11-14-27(15-12-25)30-20-43-35(47-30)31-8-7-17-49(31)38(52)34(24(3)4)48-39(53)54-5/h11-16,18,20,22-24,31-34H,7-8,17,19,21H2,1-6H3,(H,43,47)(H,45,46)(H,48,53)/b44-22-/t31-,32-,33-,34-/m0/s1. The van der Waals surface area contributed by atoms with Crippen LogP contribution in [0.15, 0.2) is 53.7 Å². The minimum Gasteiger partial charge on any atom is -0.453 e. The van der Waals surface area contributed by atoms with Gasteiger partial charge in [0.2, 0.25) is 18.2 Å². The molecule has 2 aromatic carbocycles. The SMILES string of the molecule is COO/C=N\[C@H](C(=O)N1CC(F)(F)C[C@H]1c1nc2cc(C#Cc3ccc(-c4c[nH]c([C@@H]5CCCN5C(=O)[C@@H](NC(=O)OC)C(C)C)n4)cc3)ccc2[nH]1)C(C)C. The number of amides is 3. The van der Waals surface area contributed by atoms with Crippen LogP contribution < -0.4 is 5.32 Å². The lowest BCUT2D eigenvalue weighted by molar-refractivity contribution is -0.188. The summed E-state index contributed by atoms with van der Waals surface area (Å²) in [5.41, 5.74) is 4.19. The second-order valence-corrected chi connectivity index (χ2v) is 14.6. The molecule has 2 fully saturated rings. The van der Waals surface area contributed by atoms with Gasteiger partial charge in [-0.15, -0.1) is 0 Å². The lowest BCUT2D eigenvalue weighted by Gasteiger charge is -2.29. The Bertz CT molecular complexity index is 2140. The lowest BCUT2D eigenvalue weighted by atomic mass is 10.0. The number of alkyl halides is 2. The summed E-state index contributed by atoms with van der Waals surface area (Å²) < 4.78 is 34.3. The number of nitrogens with zero attached hydrogens (tertiary/aromatic N) is 5. The summed E-state index contributed by atoms with van der Waals surface area (Å²) in [5.74, 6) is 3.02. The van der Waals surface area contributed by atoms with E-state index in [0.717, 1.165) is 41.0 Å². The molecular weight excluding hydrogens is 726 g/mol. The van der Waals surface area contributed by atoms with Crippen molar-refractivity contribution in [3.63, 3.8) is 0 Å². The molecule has 16 heteroatoms. The van der Waals surface area contributed by atoms with Crippen LogP contribution >= 0.6 is 0 Å². The van der Waals surface area contributed by atoms with Crippen molar-refractivity contribution in [1.29, 1.82) is 0 Å². The molecule has 0 saturated carbocycles.